The first-order valence-corrected chi connectivity index (χ1v) is 12.0. The Bertz CT molecular complexity index is 915. The Labute approximate surface area is 178 Å². The average Bonchev–Trinajstić information content (AvgIpc) is 3.48. The number of hydrogen-bond acceptors (Lipinski definition) is 7. The number of nitrogens with zero attached hydrogens (tertiary/aromatic N) is 3. The second-order valence-corrected chi connectivity index (χ2v) is 9.50. The van der Waals surface area contributed by atoms with Crippen molar-refractivity contribution in [3.8, 4) is 0 Å². The summed E-state index contributed by atoms with van der Waals surface area (Å²) in [5, 5.41) is 13.1. The Kier molecular flexibility index (Phi) is 6.24. The molecule has 0 aliphatic heterocycles. The summed E-state index contributed by atoms with van der Waals surface area (Å²) in [6.45, 7) is 2.88. The molecule has 1 amide bonds. The van der Waals surface area contributed by atoms with Crippen LogP contribution in [0.3, 0.4) is 0 Å². The molecule has 1 fully saturated rings. The molecule has 4 rings (SSSR count). The second kappa shape index (κ2) is 8.87. The number of carbonyl (C=O) groups excluding carboxylic acids is 2. The van der Waals surface area contributed by atoms with Gasteiger partial charge in [-0.3, -0.25) is 4.79 Å². The van der Waals surface area contributed by atoms with Crippen LogP contribution in [0.25, 0.3) is 0 Å². The first kappa shape index (κ1) is 20.4. The van der Waals surface area contributed by atoms with Gasteiger partial charge in [0.25, 0.3) is 0 Å². The van der Waals surface area contributed by atoms with E-state index in [4.69, 9.17) is 4.74 Å². The highest BCUT2D eigenvalue weighted by Gasteiger charge is 2.28. The highest BCUT2D eigenvalue weighted by atomic mass is 32.2. The maximum absolute atomic E-state index is 12.6. The van der Waals surface area contributed by atoms with Crippen molar-refractivity contribution in [2.75, 3.05) is 18.2 Å². The van der Waals surface area contributed by atoms with Gasteiger partial charge in [-0.25, -0.2) is 4.79 Å². The van der Waals surface area contributed by atoms with Gasteiger partial charge in [0.1, 0.15) is 10.8 Å². The first-order chi connectivity index (χ1) is 14.1. The minimum absolute atomic E-state index is 0.145. The van der Waals surface area contributed by atoms with Crippen LogP contribution >= 0.6 is 23.1 Å². The van der Waals surface area contributed by atoms with Gasteiger partial charge in [0, 0.05) is 17.3 Å². The molecule has 1 N–H and O–H groups in total. The molecule has 2 aromatic rings. The molecule has 2 heterocycles. The molecule has 1 saturated carbocycles. The smallest absolute Gasteiger partial charge is 0.341 e. The summed E-state index contributed by atoms with van der Waals surface area (Å²) in [5.74, 6) is 1.25. The third-order valence-electron chi connectivity index (χ3n) is 5.68. The molecule has 2 aliphatic rings. The molecule has 9 heteroatoms. The summed E-state index contributed by atoms with van der Waals surface area (Å²) in [4.78, 5) is 26.0. The summed E-state index contributed by atoms with van der Waals surface area (Å²) in [7, 11) is 1.38. The van der Waals surface area contributed by atoms with Crippen molar-refractivity contribution in [1.82, 2.24) is 14.8 Å². The quantitative estimate of drug-likeness (QED) is 0.523. The monoisotopic (exact) mass is 434 g/mol. The van der Waals surface area contributed by atoms with E-state index >= 15 is 0 Å². The molecule has 156 valence electrons. The fourth-order valence-electron chi connectivity index (χ4n) is 4.29. The third kappa shape index (κ3) is 4.07. The van der Waals surface area contributed by atoms with Crippen molar-refractivity contribution >= 4 is 40.0 Å². The van der Waals surface area contributed by atoms with E-state index in [-0.39, 0.29) is 17.6 Å². The number of ether oxygens (including phenoxy) is 1. The van der Waals surface area contributed by atoms with Crippen molar-refractivity contribution in [1.29, 1.82) is 0 Å². The molecule has 0 aromatic carbocycles. The molecule has 0 spiro atoms. The van der Waals surface area contributed by atoms with Gasteiger partial charge in [-0.1, -0.05) is 24.6 Å². The van der Waals surface area contributed by atoms with Gasteiger partial charge in [0.15, 0.2) is 5.16 Å². The number of hydrogen-bond donors (Lipinski definition) is 1. The number of nitrogens with one attached hydrogen (secondary N) is 1. The standard InChI is InChI=1S/C20H26N4O3S2/c1-3-24-17(12-7-4-5-8-12)22-23-20(24)28-11-15(25)21-18-16(19(26)27-2)13-9-6-10-14(13)29-18/h12H,3-11H2,1-2H3,(H,21,25). The molecule has 2 aliphatic carbocycles. The summed E-state index contributed by atoms with van der Waals surface area (Å²) >= 11 is 2.89. The lowest BCUT2D eigenvalue weighted by Gasteiger charge is -2.11. The first-order valence-electron chi connectivity index (χ1n) is 10.2. The fraction of sp³-hybridized carbons (Fsp3) is 0.600. The van der Waals surface area contributed by atoms with E-state index in [0.717, 1.165) is 42.4 Å². The SMILES string of the molecule is CCn1c(SCC(=O)Nc2sc3c(c2C(=O)OC)CCC3)nnc1C1CCCC1. The number of methoxy groups -OCH3 is 1. The van der Waals surface area contributed by atoms with Crippen LogP contribution in [0.4, 0.5) is 5.00 Å². The van der Waals surface area contributed by atoms with Gasteiger partial charge >= 0.3 is 5.97 Å². The number of thiophene rings is 1. The number of carbonyl (C=O) groups is 2. The zero-order valence-electron chi connectivity index (χ0n) is 16.8. The van der Waals surface area contributed by atoms with Gasteiger partial charge in [0.05, 0.1) is 18.4 Å². The lowest BCUT2D eigenvalue weighted by atomic mass is 10.1. The molecule has 0 saturated heterocycles. The molecule has 0 bridgehead atoms. The Morgan fingerprint density at radius 1 is 1.24 bits per heavy atom. The Morgan fingerprint density at radius 2 is 2.03 bits per heavy atom. The number of aromatic nitrogens is 3. The van der Waals surface area contributed by atoms with E-state index < -0.39 is 0 Å². The molecule has 2 aromatic heterocycles. The van der Waals surface area contributed by atoms with Crippen molar-refractivity contribution in [2.24, 2.45) is 0 Å². The largest absolute Gasteiger partial charge is 0.465 e. The number of esters is 1. The van der Waals surface area contributed by atoms with E-state index in [0.29, 0.717) is 16.5 Å². The molecule has 0 atom stereocenters. The number of rotatable bonds is 7. The third-order valence-corrected chi connectivity index (χ3v) is 7.85. The van der Waals surface area contributed by atoms with Crippen LogP contribution in [-0.2, 0) is 28.9 Å². The van der Waals surface area contributed by atoms with Crippen LogP contribution in [0.1, 0.15) is 71.6 Å². The summed E-state index contributed by atoms with van der Waals surface area (Å²) in [5.41, 5.74) is 1.57. The maximum Gasteiger partial charge on any atom is 0.341 e. The van der Waals surface area contributed by atoms with E-state index in [1.165, 1.54) is 60.8 Å². The van der Waals surface area contributed by atoms with Gasteiger partial charge in [-0.05, 0) is 44.6 Å². The summed E-state index contributed by atoms with van der Waals surface area (Å²) < 4.78 is 7.08. The van der Waals surface area contributed by atoms with Crippen molar-refractivity contribution in [3.63, 3.8) is 0 Å². The van der Waals surface area contributed by atoms with Crippen LogP contribution in [0.2, 0.25) is 0 Å². The van der Waals surface area contributed by atoms with Crippen molar-refractivity contribution < 1.29 is 14.3 Å². The molecule has 29 heavy (non-hydrogen) atoms. The van der Waals surface area contributed by atoms with E-state index in [9.17, 15) is 9.59 Å². The molecule has 0 unspecified atom stereocenters. The minimum atomic E-state index is -0.376. The number of thioether (sulfide) groups is 1. The van der Waals surface area contributed by atoms with Crippen LogP contribution in [-0.4, -0.2) is 39.5 Å². The van der Waals surface area contributed by atoms with Crippen LogP contribution in [0, 0.1) is 0 Å². The lowest BCUT2D eigenvalue weighted by molar-refractivity contribution is -0.113. The molecular formula is C20H26N4O3S2. The highest BCUT2D eigenvalue weighted by molar-refractivity contribution is 7.99. The zero-order chi connectivity index (χ0) is 20.4. The minimum Gasteiger partial charge on any atom is -0.465 e. The summed E-state index contributed by atoms with van der Waals surface area (Å²) in [6.07, 6.45) is 7.71. The Hall–Kier alpha value is -1.87. The van der Waals surface area contributed by atoms with Gasteiger partial charge in [-0.2, -0.15) is 0 Å². The van der Waals surface area contributed by atoms with Gasteiger partial charge in [-0.15, -0.1) is 21.5 Å². The lowest BCUT2D eigenvalue weighted by Crippen LogP contribution is -2.17. The van der Waals surface area contributed by atoms with E-state index in [1.807, 2.05) is 0 Å². The molecule has 0 radical (unpaired) electrons. The maximum atomic E-state index is 12.6. The summed E-state index contributed by atoms with van der Waals surface area (Å²) in [6, 6.07) is 0. The average molecular weight is 435 g/mol. The van der Waals surface area contributed by atoms with E-state index in [2.05, 4.69) is 27.0 Å². The topological polar surface area (TPSA) is 86.1 Å². The Balaban J connectivity index is 1.43. The zero-order valence-corrected chi connectivity index (χ0v) is 18.5. The predicted molar refractivity (Wildman–Crippen MR) is 114 cm³/mol. The highest BCUT2D eigenvalue weighted by Crippen LogP contribution is 2.39. The van der Waals surface area contributed by atoms with Crippen LogP contribution in [0.15, 0.2) is 5.16 Å². The van der Waals surface area contributed by atoms with Crippen LogP contribution < -0.4 is 5.32 Å². The number of amides is 1. The van der Waals surface area contributed by atoms with E-state index in [1.54, 1.807) is 0 Å². The number of fused-ring (bicyclic) bond motifs is 1. The van der Waals surface area contributed by atoms with Crippen LogP contribution in [0.5, 0.6) is 0 Å². The van der Waals surface area contributed by atoms with Crippen molar-refractivity contribution in [3.05, 3.63) is 21.8 Å². The van der Waals surface area contributed by atoms with Crippen molar-refractivity contribution in [2.45, 2.75) is 69.5 Å². The fourth-order valence-corrected chi connectivity index (χ4v) is 6.40. The van der Waals surface area contributed by atoms with Gasteiger partial charge < -0.3 is 14.6 Å². The number of aryl methyl sites for hydroxylation is 1. The molecule has 7 nitrogen and oxygen atoms in total. The number of anilines is 1. The van der Waals surface area contributed by atoms with Gasteiger partial charge in [0.2, 0.25) is 5.91 Å². The molecular weight excluding hydrogens is 408 g/mol. The normalized spacial score (nSPS) is 16.2. The second-order valence-electron chi connectivity index (χ2n) is 7.46. The predicted octanol–water partition coefficient (Wildman–Crippen LogP) is 4.02. The Morgan fingerprint density at radius 3 is 2.76 bits per heavy atom.